The molecule has 6 heteroatoms. The molecule has 6 nitrogen and oxygen atoms in total. The number of hydrogen-bond donors (Lipinski definition) is 2. The summed E-state index contributed by atoms with van der Waals surface area (Å²) in [5.74, 6) is 2.69. The van der Waals surface area contributed by atoms with E-state index in [0.717, 1.165) is 43.8 Å². The fourth-order valence-electron chi connectivity index (χ4n) is 2.47. The number of aryl methyl sites for hydroxylation is 1. The van der Waals surface area contributed by atoms with Crippen molar-refractivity contribution in [3.8, 4) is 0 Å². The SMILES string of the molecule is CCNC(=NCCn1cnnc1CC)NC(C)CCCC(C)C. The lowest BCUT2D eigenvalue weighted by Gasteiger charge is -2.18. The van der Waals surface area contributed by atoms with Gasteiger partial charge in [0.25, 0.3) is 0 Å². The summed E-state index contributed by atoms with van der Waals surface area (Å²) in [7, 11) is 0. The number of aromatic nitrogens is 3. The molecule has 132 valence electrons. The van der Waals surface area contributed by atoms with Gasteiger partial charge in [0.05, 0.1) is 6.54 Å². The van der Waals surface area contributed by atoms with E-state index in [-0.39, 0.29) is 0 Å². The molecule has 0 aliphatic rings. The summed E-state index contributed by atoms with van der Waals surface area (Å²) in [5.41, 5.74) is 0. The molecule has 1 aromatic heterocycles. The highest BCUT2D eigenvalue weighted by Crippen LogP contribution is 2.08. The standard InChI is InChI=1S/C17H34N6/c1-6-16-22-20-13-23(16)12-11-19-17(18-7-2)21-15(5)10-8-9-14(3)4/h13-15H,6-12H2,1-5H3,(H2,18,19,21). The van der Waals surface area contributed by atoms with Crippen LogP contribution in [0.4, 0.5) is 0 Å². The highest BCUT2D eigenvalue weighted by Gasteiger charge is 2.06. The van der Waals surface area contributed by atoms with Crippen LogP contribution in [-0.4, -0.2) is 39.9 Å². The predicted molar refractivity (Wildman–Crippen MR) is 96.7 cm³/mol. The normalized spacial score (nSPS) is 13.4. The smallest absolute Gasteiger partial charge is 0.191 e. The van der Waals surface area contributed by atoms with Crippen LogP contribution < -0.4 is 10.6 Å². The van der Waals surface area contributed by atoms with Crippen LogP contribution in [0.2, 0.25) is 0 Å². The van der Waals surface area contributed by atoms with Crippen LogP contribution in [0, 0.1) is 5.92 Å². The topological polar surface area (TPSA) is 67.1 Å². The van der Waals surface area contributed by atoms with Crippen LogP contribution in [0.25, 0.3) is 0 Å². The molecule has 2 N–H and O–H groups in total. The minimum atomic E-state index is 0.438. The van der Waals surface area contributed by atoms with Gasteiger partial charge in [0.15, 0.2) is 5.96 Å². The first-order valence-corrected chi connectivity index (χ1v) is 8.98. The summed E-state index contributed by atoms with van der Waals surface area (Å²) in [6.07, 6.45) is 6.39. The van der Waals surface area contributed by atoms with E-state index in [9.17, 15) is 0 Å². The molecule has 0 fully saturated rings. The second-order valence-electron chi connectivity index (χ2n) is 6.42. The van der Waals surface area contributed by atoms with Crippen molar-refractivity contribution in [3.05, 3.63) is 12.2 Å². The molecule has 0 aromatic carbocycles. The van der Waals surface area contributed by atoms with E-state index in [2.05, 4.69) is 65.0 Å². The quantitative estimate of drug-likeness (QED) is 0.513. The molecule has 1 heterocycles. The largest absolute Gasteiger partial charge is 0.357 e. The number of rotatable bonds is 10. The third kappa shape index (κ3) is 8.00. The van der Waals surface area contributed by atoms with E-state index < -0.39 is 0 Å². The molecule has 0 aliphatic heterocycles. The number of hydrogen-bond acceptors (Lipinski definition) is 3. The predicted octanol–water partition coefficient (Wildman–Crippen LogP) is 2.61. The lowest BCUT2D eigenvalue weighted by atomic mass is 10.0. The first kappa shape index (κ1) is 19.5. The highest BCUT2D eigenvalue weighted by molar-refractivity contribution is 5.79. The zero-order valence-electron chi connectivity index (χ0n) is 15.5. The first-order chi connectivity index (χ1) is 11.1. The molecular weight excluding hydrogens is 288 g/mol. The average molecular weight is 323 g/mol. The molecule has 23 heavy (non-hydrogen) atoms. The summed E-state index contributed by atoms with van der Waals surface area (Å²) in [6, 6.07) is 0.438. The summed E-state index contributed by atoms with van der Waals surface area (Å²) in [5, 5.41) is 14.9. The van der Waals surface area contributed by atoms with E-state index in [1.54, 1.807) is 6.33 Å². The van der Waals surface area contributed by atoms with E-state index in [4.69, 9.17) is 0 Å². The van der Waals surface area contributed by atoms with Crippen molar-refractivity contribution in [2.45, 2.75) is 72.9 Å². The Bertz CT molecular complexity index is 452. The average Bonchev–Trinajstić information content (AvgIpc) is 2.94. The Labute approximate surface area is 141 Å². The van der Waals surface area contributed by atoms with Crippen molar-refractivity contribution >= 4 is 5.96 Å². The molecule has 0 radical (unpaired) electrons. The number of guanidine groups is 1. The number of nitrogens with one attached hydrogen (secondary N) is 2. The molecule has 0 spiro atoms. The maximum Gasteiger partial charge on any atom is 0.191 e. The molecular formula is C17H34N6. The van der Waals surface area contributed by atoms with E-state index in [1.807, 2.05) is 0 Å². The fourth-order valence-corrected chi connectivity index (χ4v) is 2.47. The van der Waals surface area contributed by atoms with Gasteiger partial charge in [-0.25, -0.2) is 0 Å². The molecule has 0 saturated carbocycles. The highest BCUT2D eigenvalue weighted by atomic mass is 15.3. The monoisotopic (exact) mass is 322 g/mol. The summed E-state index contributed by atoms with van der Waals surface area (Å²) in [6.45, 7) is 13.4. The third-order valence-corrected chi connectivity index (χ3v) is 3.77. The maximum atomic E-state index is 4.66. The lowest BCUT2D eigenvalue weighted by Crippen LogP contribution is -2.42. The van der Waals surface area contributed by atoms with Crippen molar-refractivity contribution in [2.24, 2.45) is 10.9 Å². The van der Waals surface area contributed by atoms with E-state index >= 15 is 0 Å². The van der Waals surface area contributed by atoms with E-state index in [0.29, 0.717) is 6.04 Å². The first-order valence-electron chi connectivity index (χ1n) is 8.98. The fraction of sp³-hybridized carbons (Fsp3) is 0.824. The van der Waals surface area contributed by atoms with Gasteiger partial charge in [-0.1, -0.05) is 33.6 Å². The molecule has 1 unspecified atom stereocenters. The van der Waals surface area contributed by atoms with Crippen LogP contribution in [0.15, 0.2) is 11.3 Å². The summed E-state index contributed by atoms with van der Waals surface area (Å²) < 4.78 is 2.07. The van der Waals surface area contributed by atoms with Gasteiger partial charge in [-0.3, -0.25) is 4.99 Å². The minimum absolute atomic E-state index is 0.438. The Morgan fingerprint density at radius 2 is 2.04 bits per heavy atom. The van der Waals surface area contributed by atoms with Crippen molar-refractivity contribution in [1.29, 1.82) is 0 Å². The van der Waals surface area contributed by atoms with Crippen LogP contribution in [-0.2, 0) is 13.0 Å². The molecule has 1 atom stereocenters. The van der Waals surface area contributed by atoms with Crippen LogP contribution in [0.1, 0.15) is 59.7 Å². The van der Waals surface area contributed by atoms with Gasteiger partial charge < -0.3 is 15.2 Å². The van der Waals surface area contributed by atoms with Crippen LogP contribution in [0.5, 0.6) is 0 Å². The van der Waals surface area contributed by atoms with Gasteiger partial charge in [0, 0.05) is 25.6 Å². The Balaban J connectivity index is 2.43. The lowest BCUT2D eigenvalue weighted by molar-refractivity contribution is 0.491. The van der Waals surface area contributed by atoms with Gasteiger partial charge in [-0.15, -0.1) is 10.2 Å². The molecule has 0 bridgehead atoms. The summed E-state index contributed by atoms with van der Waals surface area (Å²) >= 11 is 0. The number of nitrogens with zero attached hydrogens (tertiary/aromatic N) is 4. The molecule has 0 amide bonds. The van der Waals surface area contributed by atoms with Gasteiger partial charge in [0.2, 0.25) is 0 Å². The second kappa shape index (κ2) is 11.0. The number of aliphatic imine (C=N–C) groups is 1. The third-order valence-electron chi connectivity index (χ3n) is 3.77. The summed E-state index contributed by atoms with van der Waals surface area (Å²) in [4.78, 5) is 4.66. The Morgan fingerprint density at radius 1 is 1.26 bits per heavy atom. The molecule has 0 saturated heterocycles. The van der Waals surface area contributed by atoms with E-state index in [1.165, 1.54) is 19.3 Å². The van der Waals surface area contributed by atoms with Crippen molar-refractivity contribution in [1.82, 2.24) is 25.4 Å². The van der Waals surface area contributed by atoms with Gasteiger partial charge in [-0.2, -0.15) is 0 Å². The van der Waals surface area contributed by atoms with Crippen molar-refractivity contribution in [2.75, 3.05) is 13.1 Å². The zero-order chi connectivity index (χ0) is 17.1. The van der Waals surface area contributed by atoms with Gasteiger partial charge in [0.1, 0.15) is 12.2 Å². The van der Waals surface area contributed by atoms with Crippen LogP contribution in [0.3, 0.4) is 0 Å². The molecule has 1 aromatic rings. The Hall–Kier alpha value is -1.59. The van der Waals surface area contributed by atoms with Gasteiger partial charge >= 0.3 is 0 Å². The van der Waals surface area contributed by atoms with Crippen molar-refractivity contribution in [3.63, 3.8) is 0 Å². The van der Waals surface area contributed by atoms with Crippen LogP contribution >= 0.6 is 0 Å². The zero-order valence-corrected chi connectivity index (χ0v) is 15.5. The Kier molecular flexibility index (Phi) is 9.33. The maximum absolute atomic E-state index is 4.66. The second-order valence-corrected chi connectivity index (χ2v) is 6.42. The molecule has 1 rings (SSSR count). The van der Waals surface area contributed by atoms with Crippen molar-refractivity contribution < 1.29 is 0 Å². The minimum Gasteiger partial charge on any atom is -0.357 e. The Morgan fingerprint density at radius 3 is 2.70 bits per heavy atom. The van der Waals surface area contributed by atoms with Gasteiger partial charge in [-0.05, 0) is 26.2 Å². The molecule has 0 aliphatic carbocycles.